The molecule has 0 saturated carbocycles. The van der Waals surface area contributed by atoms with Crippen molar-refractivity contribution >= 4 is 68.1 Å². The highest BCUT2D eigenvalue weighted by Gasteiger charge is 2.25. The second-order valence-corrected chi connectivity index (χ2v) is 9.44. The maximum absolute atomic E-state index is 12.5. The number of hydrogen-bond donors (Lipinski definition) is 2. The van der Waals surface area contributed by atoms with Crippen molar-refractivity contribution in [3.8, 4) is 5.69 Å². The number of hydrogen-bond acceptors (Lipinski definition) is 4. The number of nitrogens with one attached hydrogen (secondary N) is 1. The number of thioether (sulfide) groups is 1. The van der Waals surface area contributed by atoms with Gasteiger partial charge in [-0.15, -0.1) is 0 Å². The number of rotatable bonds is 4. The Kier molecular flexibility index (Phi) is 6.28. The van der Waals surface area contributed by atoms with Crippen LogP contribution >= 0.6 is 39.3 Å². The predicted octanol–water partition coefficient (Wildman–Crippen LogP) is 6.10. The normalized spacial score (nSPS) is 16.1. The Balaban J connectivity index is 1.66. The third-order valence-electron chi connectivity index (χ3n) is 4.90. The molecule has 32 heavy (non-hydrogen) atoms. The van der Waals surface area contributed by atoms with Crippen molar-refractivity contribution in [1.82, 2.24) is 9.88 Å². The number of aliphatic imine (C=N–C) groups is 1. The molecule has 1 saturated heterocycles. The summed E-state index contributed by atoms with van der Waals surface area (Å²) in [5, 5.41) is 12.9. The quantitative estimate of drug-likeness (QED) is 0.399. The number of amides is 1. The van der Waals surface area contributed by atoms with Crippen LogP contribution in [0.1, 0.15) is 27.3 Å². The summed E-state index contributed by atoms with van der Waals surface area (Å²) in [6.07, 6.45) is 1.82. The van der Waals surface area contributed by atoms with Gasteiger partial charge in [-0.1, -0.05) is 27.5 Å². The topological polar surface area (TPSA) is 83.7 Å². The fourth-order valence-corrected chi connectivity index (χ4v) is 4.70. The number of carbonyl (C=O) groups is 2. The van der Waals surface area contributed by atoms with E-state index in [-0.39, 0.29) is 16.5 Å². The molecule has 1 aliphatic heterocycles. The number of benzene rings is 2. The van der Waals surface area contributed by atoms with Gasteiger partial charge in [0.05, 0.1) is 21.2 Å². The molecule has 0 bridgehead atoms. The Morgan fingerprint density at radius 1 is 1.19 bits per heavy atom. The highest BCUT2D eigenvalue weighted by atomic mass is 79.9. The molecular formula is C23H17BrClN3O3S. The summed E-state index contributed by atoms with van der Waals surface area (Å²) in [6.45, 7) is 3.84. The molecular weight excluding hydrogens is 514 g/mol. The first-order valence-electron chi connectivity index (χ1n) is 9.50. The number of carboxylic acid groups (broad SMARTS) is 1. The highest BCUT2D eigenvalue weighted by Crippen LogP contribution is 2.31. The fraction of sp³-hybridized carbons (Fsp3) is 0.0870. The first-order chi connectivity index (χ1) is 15.2. The first-order valence-corrected chi connectivity index (χ1v) is 11.5. The van der Waals surface area contributed by atoms with Crippen molar-refractivity contribution in [2.75, 3.05) is 0 Å². The number of aromatic carboxylic acids is 1. The minimum atomic E-state index is -1.08. The lowest BCUT2D eigenvalue weighted by Crippen LogP contribution is -2.19. The zero-order valence-corrected chi connectivity index (χ0v) is 20.2. The Bertz CT molecular complexity index is 1310. The van der Waals surface area contributed by atoms with Gasteiger partial charge in [-0.05, 0) is 85.8 Å². The van der Waals surface area contributed by atoms with E-state index in [0.717, 1.165) is 27.1 Å². The van der Waals surface area contributed by atoms with Gasteiger partial charge < -0.3 is 15.0 Å². The van der Waals surface area contributed by atoms with Crippen molar-refractivity contribution in [1.29, 1.82) is 0 Å². The van der Waals surface area contributed by atoms with Crippen LogP contribution in [-0.4, -0.2) is 26.7 Å². The lowest BCUT2D eigenvalue weighted by molar-refractivity contribution is -0.115. The van der Waals surface area contributed by atoms with Crippen LogP contribution in [0.2, 0.25) is 5.02 Å². The number of amidine groups is 1. The van der Waals surface area contributed by atoms with Crippen LogP contribution < -0.4 is 5.32 Å². The highest BCUT2D eigenvalue weighted by molar-refractivity contribution is 9.10. The summed E-state index contributed by atoms with van der Waals surface area (Å²) in [5.41, 5.74) is 4.10. The smallest absolute Gasteiger partial charge is 0.337 e. The first kappa shape index (κ1) is 22.4. The molecule has 0 spiro atoms. The van der Waals surface area contributed by atoms with E-state index < -0.39 is 5.97 Å². The summed E-state index contributed by atoms with van der Waals surface area (Å²) in [5.74, 6) is -1.30. The van der Waals surface area contributed by atoms with E-state index >= 15 is 0 Å². The van der Waals surface area contributed by atoms with Gasteiger partial charge in [-0.3, -0.25) is 4.79 Å². The lowest BCUT2D eigenvalue weighted by Gasteiger charge is -2.11. The van der Waals surface area contributed by atoms with Crippen LogP contribution in [0.3, 0.4) is 0 Å². The molecule has 2 heterocycles. The summed E-state index contributed by atoms with van der Waals surface area (Å²) in [4.78, 5) is 29.0. The molecule has 2 aromatic carbocycles. The average molecular weight is 531 g/mol. The number of carbonyl (C=O) groups excluding carboxylic acids is 1. The maximum Gasteiger partial charge on any atom is 0.337 e. The molecule has 3 aromatic rings. The van der Waals surface area contributed by atoms with Crippen LogP contribution in [0.4, 0.5) is 5.69 Å². The van der Waals surface area contributed by atoms with E-state index in [2.05, 4.69) is 26.2 Å². The van der Waals surface area contributed by atoms with E-state index in [0.29, 0.717) is 15.8 Å². The second-order valence-electron chi connectivity index (χ2n) is 7.09. The SMILES string of the molecule is Cc1cc(/C=C2\SC(=Nc3ccc(Br)cc3)NC2=O)c(C)n1-c1ccc(Cl)c(C(=O)O)c1. The van der Waals surface area contributed by atoms with Crippen molar-refractivity contribution in [2.45, 2.75) is 13.8 Å². The zero-order valence-electron chi connectivity index (χ0n) is 17.0. The van der Waals surface area contributed by atoms with Crippen LogP contribution in [0, 0.1) is 13.8 Å². The van der Waals surface area contributed by atoms with Gasteiger partial charge in [0.2, 0.25) is 0 Å². The van der Waals surface area contributed by atoms with E-state index in [1.165, 1.54) is 11.8 Å². The molecule has 2 N–H and O–H groups in total. The summed E-state index contributed by atoms with van der Waals surface area (Å²) >= 11 is 10.7. The number of nitrogens with zero attached hydrogens (tertiary/aromatic N) is 2. The number of aromatic nitrogens is 1. The van der Waals surface area contributed by atoms with Crippen LogP contribution in [0.25, 0.3) is 11.8 Å². The van der Waals surface area contributed by atoms with E-state index in [1.807, 2.05) is 54.8 Å². The van der Waals surface area contributed by atoms with Crippen molar-refractivity contribution < 1.29 is 14.7 Å². The lowest BCUT2D eigenvalue weighted by atomic mass is 10.2. The average Bonchev–Trinajstić information content (AvgIpc) is 3.22. The molecule has 162 valence electrons. The number of carboxylic acids is 1. The molecule has 1 aromatic heterocycles. The summed E-state index contributed by atoms with van der Waals surface area (Å²) < 4.78 is 2.89. The largest absolute Gasteiger partial charge is 0.478 e. The number of aryl methyl sites for hydroxylation is 1. The molecule has 4 rings (SSSR count). The second kappa shape index (κ2) is 8.97. The predicted molar refractivity (Wildman–Crippen MR) is 132 cm³/mol. The molecule has 1 amide bonds. The molecule has 0 unspecified atom stereocenters. The fourth-order valence-electron chi connectivity index (χ4n) is 3.40. The molecule has 6 nitrogen and oxygen atoms in total. The van der Waals surface area contributed by atoms with Gasteiger partial charge in [0.25, 0.3) is 5.91 Å². The molecule has 0 radical (unpaired) electrons. The van der Waals surface area contributed by atoms with Gasteiger partial charge in [-0.2, -0.15) is 0 Å². The molecule has 0 aliphatic carbocycles. The maximum atomic E-state index is 12.5. The summed E-state index contributed by atoms with van der Waals surface area (Å²) in [7, 11) is 0. The van der Waals surface area contributed by atoms with Gasteiger partial charge in [0.1, 0.15) is 0 Å². The van der Waals surface area contributed by atoms with Crippen molar-refractivity contribution in [3.63, 3.8) is 0 Å². The van der Waals surface area contributed by atoms with Crippen LogP contribution in [0.15, 0.2) is 62.9 Å². The Morgan fingerprint density at radius 3 is 2.59 bits per heavy atom. The Hall–Kier alpha value is -2.81. The Morgan fingerprint density at radius 2 is 1.91 bits per heavy atom. The third-order valence-corrected chi connectivity index (χ3v) is 6.67. The van der Waals surface area contributed by atoms with Crippen molar-refractivity contribution in [3.05, 3.63) is 85.4 Å². The third kappa shape index (κ3) is 4.53. The van der Waals surface area contributed by atoms with E-state index in [1.54, 1.807) is 18.2 Å². The summed E-state index contributed by atoms with van der Waals surface area (Å²) in [6, 6.07) is 14.3. The van der Waals surface area contributed by atoms with Crippen LogP contribution in [-0.2, 0) is 4.79 Å². The minimum absolute atomic E-state index is 0.0380. The molecule has 1 aliphatic rings. The van der Waals surface area contributed by atoms with Crippen molar-refractivity contribution in [2.24, 2.45) is 4.99 Å². The number of halogens is 2. The standard InChI is InChI=1S/C23H17BrClN3O3S/c1-12-9-14(13(2)28(12)17-7-8-19(25)18(11-17)22(30)31)10-20-21(29)27-23(32-20)26-16-5-3-15(24)4-6-16/h3-11H,1-2H3,(H,30,31)(H,26,27,29)/b20-10-. The Labute approximate surface area is 202 Å². The zero-order chi connectivity index (χ0) is 23.0. The van der Waals surface area contributed by atoms with E-state index in [4.69, 9.17) is 11.6 Å². The van der Waals surface area contributed by atoms with Gasteiger partial charge >= 0.3 is 5.97 Å². The van der Waals surface area contributed by atoms with Gasteiger partial charge in [0.15, 0.2) is 5.17 Å². The molecule has 1 fully saturated rings. The van der Waals surface area contributed by atoms with E-state index in [9.17, 15) is 14.7 Å². The minimum Gasteiger partial charge on any atom is -0.478 e. The molecule has 0 atom stereocenters. The van der Waals surface area contributed by atoms with Crippen LogP contribution in [0.5, 0.6) is 0 Å². The molecule has 9 heteroatoms. The van der Waals surface area contributed by atoms with Gasteiger partial charge in [-0.25, -0.2) is 9.79 Å². The monoisotopic (exact) mass is 529 g/mol. The van der Waals surface area contributed by atoms with Gasteiger partial charge in [0, 0.05) is 21.5 Å².